The SMILES string of the molecule is CCCOC(=O)C1=C(C)NC2=C(C(=O)[C@@H](C(=O)OC)[C@H](C)C2)[C@H]1c1coc2ccc(Cl)cc2c1=O. The molecule has 2 aliphatic rings. The number of halogens is 1. The lowest BCUT2D eigenvalue weighted by Gasteiger charge is -2.37. The van der Waals surface area contributed by atoms with Gasteiger partial charge in [0, 0.05) is 27.6 Å². The number of hydrogen-bond acceptors (Lipinski definition) is 8. The Morgan fingerprint density at radius 3 is 2.69 bits per heavy atom. The van der Waals surface area contributed by atoms with Crippen molar-refractivity contribution in [1.82, 2.24) is 5.32 Å². The second-order valence-corrected chi connectivity index (χ2v) is 9.27. The lowest BCUT2D eigenvalue weighted by Crippen LogP contribution is -2.44. The average Bonchev–Trinajstić information content (AvgIpc) is 2.82. The highest BCUT2D eigenvalue weighted by atomic mass is 35.5. The van der Waals surface area contributed by atoms with E-state index < -0.39 is 35.0 Å². The molecule has 1 aromatic heterocycles. The fourth-order valence-corrected chi connectivity index (χ4v) is 5.02. The van der Waals surface area contributed by atoms with Crippen LogP contribution in [-0.4, -0.2) is 31.4 Å². The molecule has 0 bridgehead atoms. The largest absolute Gasteiger partial charge is 0.468 e. The van der Waals surface area contributed by atoms with Gasteiger partial charge in [0.15, 0.2) is 11.2 Å². The molecule has 4 rings (SSSR count). The number of dihydropyridines is 1. The first kappa shape index (κ1) is 24.7. The number of ether oxygens (including phenoxy) is 2. The van der Waals surface area contributed by atoms with Crippen LogP contribution in [-0.2, 0) is 23.9 Å². The third-order valence-corrected chi connectivity index (χ3v) is 6.71. The number of Topliss-reactive ketones (excluding diaryl/α,β-unsaturated/α-hetero) is 1. The number of ketones is 1. The Bertz CT molecular complexity index is 1350. The van der Waals surface area contributed by atoms with Crippen molar-refractivity contribution in [3.05, 3.63) is 67.8 Å². The van der Waals surface area contributed by atoms with Gasteiger partial charge in [0.25, 0.3) is 0 Å². The topological polar surface area (TPSA) is 112 Å². The summed E-state index contributed by atoms with van der Waals surface area (Å²) in [4.78, 5) is 53.1. The van der Waals surface area contributed by atoms with E-state index >= 15 is 0 Å². The van der Waals surface area contributed by atoms with E-state index in [0.29, 0.717) is 34.8 Å². The Kier molecular flexibility index (Phi) is 6.85. The molecule has 0 fully saturated rings. The van der Waals surface area contributed by atoms with Crippen molar-refractivity contribution in [1.29, 1.82) is 0 Å². The van der Waals surface area contributed by atoms with E-state index in [1.165, 1.54) is 19.4 Å². The second kappa shape index (κ2) is 9.70. The van der Waals surface area contributed by atoms with Crippen LogP contribution in [0.2, 0.25) is 5.02 Å². The van der Waals surface area contributed by atoms with E-state index in [1.807, 2.05) is 6.92 Å². The minimum atomic E-state index is -1.08. The van der Waals surface area contributed by atoms with Gasteiger partial charge in [-0.1, -0.05) is 25.4 Å². The smallest absolute Gasteiger partial charge is 0.336 e. The van der Waals surface area contributed by atoms with Crippen molar-refractivity contribution >= 4 is 40.3 Å². The summed E-state index contributed by atoms with van der Waals surface area (Å²) in [7, 11) is 1.22. The molecular weight excluding hydrogens is 474 g/mol. The summed E-state index contributed by atoms with van der Waals surface area (Å²) in [6, 6.07) is 4.66. The zero-order chi connectivity index (χ0) is 25.4. The molecule has 0 unspecified atom stereocenters. The van der Waals surface area contributed by atoms with Gasteiger partial charge in [-0.2, -0.15) is 0 Å². The molecule has 0 saturated carbocycles. The Hall–Kier alpha value is -3.39. The van der Waals surface area contributed by atoms with Crippen LogP contribution < -0.4 is 10.7 Å². The van der Waals surface area contributed by atoms with Crippen molar-refractivity contribution in [3.8, 4) is 0 Å². The number of carbonyl (C=O) groups excluding carboxylic acids is 3. The molecule has 1 N–H and O–H groups in total. The molecule has 0 radical (unpaired) electrons. The van der Waals surface area contributed by atoms with E-state index in [-0.39, 0.29) is 34.6 Å². The molecule has 35 heavy (non-hydrogen) atoms. The summed E-state index contributed by atoms with van der Waals surface area (Å²) in [5, 5.41) is 3.72. The summed E-state index contributed by atoms with van der Waals surface area (Å²) < 4.78 is 16.0. The summed E-state index contributed by atoms with van der Waals surface area (Å²) in [6.07, 6.45) is 2.22. The standard InChI is InChI=1S/C26H26ClNO7/c1-5-8-34-26(32)20-13(3)28-17-9-12(2)19(25(31)33-4)24(30)22(17)21(20)16-11-35-18-7-6-14(27)10-15(18)23(16)29/h6-7,10-12,19,21,28H,5,8-9H2,1-4H3/t12-,19+,21+/m1/s1. The number of rotatable bonds is 5. The predicted octanol–water partition coefficient (Wildman–Crippen LogP) is 4.01. The van der Waals surface area contributed by atoms with Gasteiger partial charge < -0.3 is 19.2 Å². The molecule has 184 valence electrons. The summed E-state index contributed by atoms with van der Waals surface area (Å²) in [5.41, 5.74) is 1.29. The first-order valence-corrected chi connectivity index (χ1v) is 11.8. The Labute approximate surface area is 206 Å². The second-order valence-electron chi connectivity index (χ2n) is 8.83. The lowest BCUT2D eigenvalue weighted by atomic mass is 9.69. The van der Waals surface area contributed by atoms with Crippen LogP contribution in [0.4, 0.5) is 0 Å². The molecule has 1 aliphatic carbocycles. The van der Waals surface area contributed by atoms with Crippen LogP contribution in [0.5, 0.6) is 0 Å². The van der Waals surface area contributed by atoms with Crippen molar-refractivity contribution < 1.29 is 28.3 Å². The van der Waals surface area contributed by atoms with Crippen molar-refractivity contribution in [2.45, 2.75) is 39.5 Å². The molecule has 8 nitrogen and oxygen atoms in total. The number of esters is 2. The fourth-order valence-electron chi connectivity index (χ4n) is 4.85. The van der Waals surface area contributed by atoms with Gasteiger partial charge in [0.05, 0.1) is 36.9 Å². The highest BCUT2D eigenvalue weighted by molar-refractivity contribution is 6.31. The molecule has 1 aliphatic heterocycles. The number of allylic oxidation sites excluding steroid dienone is 3. The molecule has 0 saturated heterocycles. The minimum absolute atomic E-state index is 0.0862. The number of methoxy groups -OCH3 is 1. The average molecular weight is 500 g/mol. The normalized spacial score (nSPS) is 22.1. The third-order valence-electron chi connectivity index (χ3n) is 6.47. The first-order chi connectivity index (χ1) is 16.7. The minimum Gasteiger partial charge on any atom is -0.468 e. The van der Waals surface area contributed by atoms with Gasteiger partial charge in [0.1, 0.15) is 11.5 Å². The molecule has 0 spiro atoms. The maximum absolute atomic E-state index is 13.7. The molecule has 2 heterocycles. The zero-order valence-electron chi connectivity index (χ0n) is 19.9. The van der Waals surface area contributed by atoms with Gasteiger partial charge >= 0.3 is 11.9 Å². The van der Waals surface area contributed by atoms with Gasteiger partial charge in [-0.25, -0.2) is 4.79 Å². The van der Waals surface area contributed by atoms with Crippen LogP contribution in [0, 0.1) is 11.8 Å². The summed E-state index contributed by atoms with van der Waals surface area (Å²) in [5.74, 6) is -4.29. The van der Waals surface area contributed by atoms with Crippen LogP contribution in [0.3, 0.4) is 0 Å². The molecule has 9 heteroatoms. The Balaban J connectivity index is 1.97. The highest BCUT2D eigenvalue weighted by Crippen LogP contribution is 2.45. The van der Waals surface area contributed by atoms with Crippen molar-refractivity contribution in [3.63, 3.8) is 0 Å². The lowest BCUT2D eigenvalue weighted by molar-refractivity contribution is -0.151. The molecule has 0 amide bonds. The zero-order valence-corrected chi connectivity index (χ0v) is 20.7. The first-order valence-electron chi connectivity index (χ1n) is 11.4. The van der Waals surface area contributed by atoms with E-state index in [2.05, 4.69) is 5.32 Å². The molecule has 2 aromatic rings. The van der Waals surface area contributed by atoms with Crippen LogP contribution in [0.25, 0.3) is 11.0 Å². The molecular formula is C26H26ClNO7. The number of nitrogens with one attached hydrogen (secondary N) is 1. The number of carbonyl (C=O) groups is 3. The van der Waals surface area contributed by atoms with Gasteiger partial charge in [0.2, 0.25) is 0 Å². The number of benzene rings is 1. The monoisotopic (exact) mass is 499 g/mol. The van der Waals surface area contributed by atoms with E-state index in [4.69, 9.17) is 25.5 Å². The molecule has 1 aromatic carbocycles. The Morgan fingerprint density at radius 1 is 1.26 bits per heavy atom. The van der Waals surface area contributed by atoms with Gasteiger partial charge in [-0.3, -0.25) is 14.4 Å². The van der Waals surface area contributed by atoms with E-state index in [9.17, 15) is 19.2 Å². The van der Waals surface area contributed by atoms with Crippen molar-refractivity contribution in [2.24, 2.45) is 11.8 Å². The fraction of sp³-hybridized carbons (Fsp3) is 0.385. The van der Waals surface area contributed by atoms with Gasteiger partial charge in [-0.15, -0.1) is 0 Å². The van der Waals surface area contributed by atoms with E-state index in [1.54, 1.807) is 26.0 Å². The van der Waals surface area contributed by atoms with Crippen LogP contribution in [0.15, 0.2) is 56.2 Å². The Morgan fingerprint density at radius 2 is 2.00 bits per heavy atom. The predicted molar refractivity (Wildman–Crippen MR) is 129 cm³/mol. The van der Waals surface area contributed by atoms with E-state index in [0.717, 1.165) is 0 Å². The van der Waals surface area contributed by atoms with Gasteiger partial charge in [-0.05, 0) is 43.9 Å². The maximum atomic E-state index is 13.7. The number of hydrogen-bond donors (Lipinski definition) is 1. The van der Waals surface area contributed by atoms with Crippen molar-refractivity contribution in [2.75, 3.05) is 13.7 Å². The van der Waals surface area contributed by atoms with Crippen LogP contribution >= 0.6 is 11.6 Å². The maximum Gasteiger partial charge on any atom is 0.336 e. The quantitative estimate of drug-likeness (QED) is 0.485. The third kappa shape index (κ3) is 4.27. The molecule has 3 atom stereocenters. The summed E-state index contributed by atoms with van der Waals surface area (Å²) in [6.45, 7) is 5.52. The number of fused-ring (bicyclic) bond motifs is 1. The summed E-state index contributed by atoms with van der Waals surface area (Å²) >= 11 is 6.12. The van der Waals surface area contributed by atoms with Crippen LogP contribution in [0.1, 0.15) is 45.1 Å². The highest BCUT2D eigenvalue weighted by Gasteiger charge is 2.48.